The zero-order chi connectivity index (χ0) is 14.8. The van der Waals surface area contributed by atoms with Crippen LogP contribution in [-0.2, 0) is 15.9 Å². The smallest absolute Gasteiger partial charge is 0.199 e. The van der Waals surface area contributed by atoms with Gasteiger partial charge in [-0.05, 0) is 39.5 Å². The Kier molecular flexibility index (Phi) is 4.52. The average Bonchev–Trinajstić information content (AvgIpc) is 3.28. The summed E-state index contributed by atoms with van der Waals surface area (Å²) in [6.45, 7) is 5.15. The number of methoxy groups -OCH3 is 1. The van der Waals surface area contributed by atoms with E-state index in [0.717, 1.165) is 36.5 Å². The molecule has 0 radical (unpaired) electrons. The van der Waals surface area contributed by atoms with Crippen LogP contribution < -0.4 is 0 Å². The number of likely N-dealkylation sites (tertiary alicyclic amines) is 1. The third kappa shape index (κ3) is 3.42. The first-order chi connectivity index (χ1) is 10.2. The van der Waals surface area contributed by atoms with E-state index in [9.17, 15) is 0 Å². The maximum Gasteiger partial charge on any atom is 0.199 e. The van der Waals surface area contributed by atoms with Crippen molar-refractivity contribution in [2.24, 2.45) is 0 Å². The van der Waals surface area contributed by atoms with Gasteiger partial charge in [-0.15, -0.1) is 0 Å². The molecule has 3 atom stereocenters. The molecule has 5 nitrogen and oxygen atoms in total. The molecule has 3 unspecified atom stereocenters. The minimum Gasteiger partial charge on any atom is -0.352 e. The first-order valence-electron chi connectivity index (χ1n) is 7.92. The molecule has 0 saturated carbocycles. The van der Waals surface area contributed by atoms with E-state index in [2.05, 4.69) is 14.9 Å². The fraction of sp³-hybridized carbons (Fsp3) is 0.750. The van der Waals surface area contributed by atoms with Crippen molar-refractivity contribution in [2.75, 3.05) is 13.7 Å². The van der Waals surface area contributed by atoms with Crippen molar-refractivity contribution in [1.82, 2.24) is 14.9 Å². The maximum atomic E-state index is 5.60. The zero-order valence-corrected chi connectivity index (χ0v) is 13.2. The van der Waals surface area contributed by atoms with E-state index in [1.165, 1.54) is 19.3 Å². The molecule has 0 aliphatic carbocycles. The number of aryl methyl sites for hydroxylation is 3. The van der Waals surface area contributed by atoms with E-state index >= 15 is 0 Å². The van der Waals surface area contributed by atoms with Gasteiger partial charge in [0.1, 0.15) is 0 Å². The summed E-state index contributed by atoms with van der Waals surface area (Å²) in [4.78, 5) is 11.5. The maximum absolute atomic E-state index is 5.60. The van der Waals surface area contributed by atoms with Crippen molar-refractivity contribution >= 4 is 0 Å². The van der Waals surface area contributed by atoms with Crippen molar-refractivity contribution in [2.45, 2.75) is 64.5 Å². The van der Waals surface area contributed by atoms with Crippen LogP contribution in [0, 0.1) is 13.8 Å². The molecular weight excluding hydrogens is 266 g/mol. The third-order valence-corrected chi connectivity index (χ3v) is 4.64. The molecule has 0 aromatic carbocycles. The Morgan fingerprint density at radius 3 is 2.90 bits per heavy atom. The molecule has 2 fully saturated rings. The van der Waals surface area contributed by atoms with E-state index in [0.29, 0.717) is 6.04 Å². The molecule has 0 bridgehead atoms. The van der Waals surface area contributed by atoms with Gasteiger partial charge in [-0.1, -0.05) is 6.42 Å². The summed E-state index contributed by atoms with van der Waals surface area (Å²) < 4.78 is 10.9. The summed E-state index contributed by atoms with van der Waals surface area (Å²) in [7, 11) is 1.72. The largest absolute Gasteiger partial charge is 0.352 e. The second-order valence-electron chi connectivity index (χ2n) is 6.09. The molecule has 2 aliphatic rings. The van der Waals surface area contributed by atoms with Crippen LogP contribution in [0.5, 0.6) is 0 Å². The van der Waals surface area contributed by atoms with Gasteiger partial charge in [0.2, 0.25) is 0 Å². The van der Waals surface area contributed by atoms with Crippen LogP contribution in [0.15, 0.2) is 6.20 Å². The van der Waals surface area contributed by atoms with Crippen LogP contribution in [0.1, 0.15) is 42.8 Å². The van der Waals surface area contributed by atoms with Gasteiger partial charge >= 0.3 is 0 Å². The summed E-state index contributed by atoms with van der Waals surface area (Å²) in [5.74, 6) is 0. The highest BCUT2D eigenvalue weighted by Gasteiger charge is 2.46. The minimum atomic E-state index is -0.0213. The predicted molar refractivity (Wildman–Crippen MR) is 79.8 cm³/mol. The fourth-order valence-electron chi connectivity index (χ4n) is 3.19. The monoisotopic (exact) mass is 291 g/mol. The van der Waals surface area contributed by atoms with E-state index in [1.807, 2.05) is 20.0 Å². The number of ether oxygens (including phenoxy) is 2. The number of rotatable bonds is 5. The van der Waals surface area contributed by atoms with Crippen LogP contribution in [0.3, 0.4) is 0 Å². The standard InChI is InChI=1S/C16H25N3O2/c1-11-12(2)18-13(10-17-11)7-8-14-6-4-5-9-19(14)15-16(20-3)21-15/h10,14-16H,4-9H2,1-3H3. The average molecular weight is 291 g/mol. The Morgan fingerprint density at radius 2 is 2.19 bits per heavy atom. The second-order valence-corrected chi connectivity index (χ2v) is 6.09. The normalized spacial score (nSPS) is 29.6. The molecule has 0 spiro atoms. The Labute approximate surface area is 126 Å². The van der Waals surface area contributed by atoms with Crippen LogP contribution in [0.4, 0.5) is 0 Å². The van der Waals surface area contributed by atoms with Gasteiger partial charge in [-0.25, -0.2) is 0 Å². The molecule has 116 valence electrons. The van der Waals surface area contributed by atoms with Crippen molar-refractivity contribution in [3.8, 4) is 0 Å². The first kappa shape index (κ1) is 14.9. The molecule has 0 N–H and O–H groups in total. The lowest BCUT2D eigenvalue weighted by atomic mass is 9.97. The topological polar surface area (TPSA) is 50.8 Å². The molecule has 1 aromatic heterocycles. The molecule has 2 aliphatic heterocycles. The number of piperidine rings is 1. The lowest BCUT2D eigenvalue weighted by molar-refractivity contribution is 0.0835. The number of hydrogen-bond acceptors (Lipinski definition) is 5. The van der Waals surface area contributed by atoms with E-state index in [-0.39, 0.29) is 12.5 Å². The molecule has 2 saturated heterocycles. The van der Waals surface area contributed by atoms with Crippen molar-refractivity contribution in [3.05, 3.63) is 23.3 Å². The highest BCUT2D eigenvalue weighted by atomic mass is 16.8. The molecular formula is C16H25N3O2. The van der Waals surface area contributed by atoms with Gasteiger partial charge in [0.05, 0.1) is 17.1 Å². The van der Waals surface area contributed by atoms with Gasteiger partial charge in [0.25, 0.3) is 0 Å². The van der Waals surface area contributed by atoms with Gasteiger partial charge in [-0.3, -0.25) is 14.9 Å². The van der Waals surface area contributed by atoms with Crippen LogP contribution in [-0.4, -0.2) is 47.1 Å². The number of epoxide rings is 1. The predicted octanol–water partition coefficient (Wildman–Crippen LogP) is 2.21. The summed E-state index contributed by atoms with van der Waals surface area (Å²) in [5.41, 5.74) is 3.16. The lowest BCUT2D eigenvalue weighted by Crippen LogP contribution is -2.42. The Balaban J connectivity index is 1.58. The first-order valence-corrected chi connectivity index (χ1v) is 7.92. The van der Waals surface area contributed by atoms with E-state index in [4.69, 9.17) is 9.47 Å². The van der Waals surface area contributed by atoms with Crippen molar-refractivity contribution in [3.63, 3.8) is 0 Å². The van der Waals surface area contributed by atoms with E-state index in [1.54, 1.807) is 7.11 Å². The highest BCUT2D eigenvalue weighted by molar-refractivity contribution is 5.10. The minimum absolute atomic E-state index is 0.0213. The summed E-state index contributed by atoms with van der Waals surface area (Å²) in [5, 5.41) is 0. The van der Waals surface area contributed by atoms with Crippen LogP contribution >= 0.6 is 0 Å². The van der Waals surface area contributed by atoms with Crippen LogP contribution in [0.25, 0.3) is 0 Å². The van der Waals surface area contributed by atoms with Crippen molar-refractivity contribution < 1.29 is 9.47 Å². The molecule has 1 aromatic rings. The molecule has 3 heterocycles. The fourth-order valence-corrected chi connectivity index (χ4v) is 3.19. The van der Waals surface area contributed by atoms with Gasteiger partial charge < -0.3 is 9.47 Å². The van der Waals surface area contributed by atoms with E-state index < -0.39 is 0 Å². The Bertz CT molecular complexity index is 494. The summed E-state index contributed by atoms with van der Waals surface area (Å²) >= 11 is 0. The second kappa shape index (κ2) is 6.38. The number of hydrogen-bond donors (Lipinski definition) is 0. The highest BCUT2D eigenvalue weighted by Crippen LogP contribution is 2.33. The van der Waals surface area contributed by atoms with Crippen LogP contribution in [0.2, 0.25) is 0 Å². The van der Waals surface area contributed by atoms with Gasteiger partial charge in [0.15, 0.2) is 12.5 Å². The molecule has 3 rings (SSSR count). The quantitative estimate of drug-likeness (QED) is 0.779. The molecule has 0 amide bonds. The third-order valence-electron chi connectivity index (χ3n) is 4.64. The summed E-state index contributed by atoms with van der Waals surface area (Å²) in [6, 6.07) is 0.576. The van der Waals surface area contributed by atoms with Gasteiger partial charge in [0, 0.05) is 25.9 Å². The zero-order valence-electron chi connectivity index (χ0n) is 13.2. The SMILES string of the molecule is COC1OC1N1CCCCC1CCc1cnc(C)c(C)n1. The van der Waals surface area contributed by atoms with Crippen molar-refractivity contribution in [1.29, 1.82) is 0 Å². The van der Waals surface area contributed by atoms with Gasteiger partial charge in [-0.2, -0.15) is 0 Å². The Hall–Kier alpha value is -1.04. The number of nitrogens with zero attached hydrogens (tertiary/aromatic N) is 3. The number of aromatic nitrogens is 2. The molecule has 5 heteroatoms. The summed E-state index contributed by atoms with van der Waals surface area (Å²) in [6.07, 6.45) is 7.99. The lowest BCUT2D eigenvalue weighted by Gasteiger charge is -2.34. The Morgan fingerprint density at radius 1 is 1.33 bits per heavy atom. The molecule has 21 heavy (non-hydrogen) atoms.